The number of H-pyrrole nitrogens is 1. The molecule has 3 heterocycles. The summed E-state index contributed by atoms with van der Waals surface area (Å²) in [7, 11) is 1.66. The average Bonchev–Trinajstić information content (AvgIpc) is 3.32. The number of amides is 1. The standard InChI is InChI=1S/C27H28FN3O2S/c1-6-16(13-29-5)22-10-19(12-24(32)30-22)17-7-8-18(21(28)9-17)14-31-15-20-11-23(27(2,3)4)34-25(20)26(31)33/h6-13H,14-15H2,1-5H3,(H,30,32)/b16-6+,29-13?. The van der Waals surface area contributed by atoms with Crippen LogP contribution in [0.4, 0.5) is 4.39 Å². The van der Waals surface area contributed by atoms with Gasteiger partial charge in [0.1, 0.15) is 5.82 Å². The first kappa shape index (κ1) is 23.8. The van der Waals surface area contributed by atoms with Crippen LogP contribution in [-0.2, 0) is 18.5 Å². The summed E-state index contributed by atoms with van der Waals surface area (Å²) in [6, 6.07) is 10.3. The van der Waals surface area contributed by atoms with Crippen molar-refractivity contribution in [3.05, 3.63) is 85.2 Å². The minimum absolute atomic E-state index is 0.00189. The van der Waals surface area contributed by atoms with Crippen LogP contribution in [-0.4, -0.2) is 29.1 Å². The van der Waals surface area contributed by atoms with Gasteiger partial charge in [0.05, 0.1) is 10.6 Å². The number of benzene rings is 1. The molecule has 0 saturated heterocycles. The monoisotopic (exact) mass is 477 g/mol. The van der Waals surface area contributed by atoms with Gasteiger partial charge in [0.15, 0.2) is 0 Å². The van der Waals surface area contributed by atoms with Crippen LogP contribution in [0.2, 0.25) is 0 Å². The summed E-state index contributed by atoms with van der Waals surface area (Å²) >= 11 is 1.53. The lowest BCUT2D eigenvalue weighted by molar-refractivity contribution is 0.0768. The third kappa shape index (κ3) is 4.66. The molecule has 1 N–H and O–H groups in total. The largest absolute Gasteiger partial charge is 0.329 e. The van der Waals surface area contributed by atoms with Gasteiger partial charge in [0, 0.05) is 48.4 Å². The maximum absolute atomic E-state index is 15.1. The number of aromatic nitrogens is 1. The summed E-state index contributed by atoms with van der Waals surface area (Å²) in [4.78, 5) is 35.6. The Morgan fingerprint density at radius 1 is 1.18 bits per heavy atom. The third-order valence-corrected chi connectivity index (χ3v) is 7.46. The zero-order chi connectivity index (χ0) is 24.6. The SMILES string of the molecule is C/C=C(\C=NC)c1cc(-c2ccc(CN3Cc4cc(C(C)(C)C)sc4C3=O)c(F)c2)cc(=O)[nH]1. The van der Waals surface area contributed by atoms with Crippen molar-refractivity contribution in [1.82, 2.24) is 9.88 Å². The van der Waals surface area contributed by atoms with Crippen molar-refractivity contribution in [2.24, 2.45) is 4.99 Å². The van der Waals surface area contributed by atoms with Gasteiger partial charge in [-0.2, -0.15) is 0 Å². The number of fused-ring (bicyclic) bond motifs is 1. The zero-order valence-corrected chi connectivity index (χ0v) is 20.8. The molecule has 0 fully saturated rings. The molecular weight excluding hydrogens is 449 g/mol. The van der Waals surface area contributed by atoms with Gasteiger partial charge >= 0.3 is 0 Å². The van der Waals surface area contributed by atoms with Gasteiger partial charge in [-0.1, -0.05) is 39.0 Å². The fourth-order valence-electron chi connectivity index (χ4n) is 4.01. The molecule has 4 rings (SSSR count). The Morgan fingerprint density at radius 3 is 2.56 bits per heavy atom. The predicted octanol–water partition coefficient (Wildman–Crippen LogP) is 5.80. The van der Waals surface area contributed by atoms with E-state index in [0.717, 1.165) is 16.0 Å². The maximum Gasteiger partial charge on any atom is 0.264 e. The van der Waals surface area contributed by atoms with Crippen LogP contribution >= 0.6 is 11.3 Å². The maximum atomic E-state index is 15.1. The molecule has 0 unspecified atom stereocenters. The van der Waals surface area contributed by atoms with Crippen LogP contribution in [0.3, 0.4) is 0 Å². The molecule has 176 valence electrons. The minimum atomic E-state index is -0.404. The number of nitrogens with zero attached hydrogens (tertiary/aromatic N) is 2. The van der Waals surface area contributed by atoms with E-state index in [-0.39, 0.29) is 23.4 Å². The molecule has 0 atom stereocenters. The lowest BCUT2D eigenvalue weighted by Crippen LogP contribution is -2.24. The summed E-state index contributed by atoms with van der Waals surface area (Å²) in [6.45, 7) is 8.95. The molecule has 2 aromatic heterocycles. The van der Waals surface area contributed by atoms with Crippen LogP contribution in [0.5, 0.6) is 0 Å². The summed E-state index contributed by atoms with van der Waals surface area (Å²) in [5.74, 6) is -0.450. The fourth-order valence-corrected chi connectivity index (χ4v) is 5.21. The molecule has 0 aliphatic carbocycles. The summed E-state index contributed by atoms with van der Waals surface area (Å²) in [6.07, 6.45) is 3.51. The second kappa shape index (κ2) is 9.14. The van der Waals surface area contributed by atoms with E-state index in [1.54, 1.807) is 30.3 Å². The van der Waals surface area contributed by atoms with Gasteiger partial charge in [-0.3, -0.25) is 14.6 Å². The minimum Gasteiger partial charge on any atom is -0.329 e. The third-order valence-electron chi connectivity index (χ3n) is 5.87. The number of aromatic amines is 1. The van der Waals surface area contributed by atoms with Crippen molar-refractivity contribution in [3.63, 3.8) is 0 Å². The highest BCUT2D eigenvalue weighted by molar-refractivity contribution is 7.14. The zero-order valence-electron chi connectivity index (χ0n) is 20.0. The van der Waals surface area contributed by atoms with Crippen molar-refractivity contribution >= 4 is 29.0 Å². The second-order valence-corrected chi connectivity index (χ2v) is 10.5. The number of pyridine rings is 1. The Morgan fingerprint density at radius 2 is 1.94 bits per heavy atom. The number of halogens is 1. The first-order chi connectivity index (χ1) is 16.1. The number of carbonyl (C=O) groups excluding carboxylic acids is 1. The highest BCUT2D eigenvalue weighted by Crippen LogP contribution is 2.37. The molecule has 1 aromatic carbocycles. The summed E-state index contributed by atoms with van der Waals surface area (Å²) < 4.78 is 15.1. The Hall–Kier alpha value is -3.32. The Kier molecular flexibility index (Phi) is 6.41. The normalized spacial score (nSPS) is 14.4. The van der Waals surface area contributed by atoms with E-state index in [2.05, 4.69) is 36.8 Å². The number of allylic oxidation sites excluding steroid dienone is 2. The van der Waals surface area contributed by atoms with Gasteiger partial charge in [0.2, 0.25) is 5.56 Å². The van der Waals surface area contributed by atoms with Crippen molar-refractivity contribution in [1.29, 1.82) is 0 Å². The molecule has 0 saturated carbocycles. The number of aliphatic imine (C=N–C) groups is 1. The van der Waals surface area contributed by atoms with Crippen molar-refractivity contribution < 1.29 is 9.18 Å². The van der Waals surface area contributed by atoms with E-state index in [9.17, 15) is 9.59 Å². The molecule has 1 aliphatic heterocycles. The quantitative estimate of drug-likeness (QED) is 0.472. The average molecular weight is 478 g/mol. The van der Waals surface area contributed by atoms with Crippen molar-refractivity contribution in [2.75, 3.05) is 7.05 Å². The number of carbonyl (C=O) groups is 1. The van der Waals surface area contributed by atoms with Crippen LogP contribution in [0, 0.1) is 5.82 Å². The lowest BCUT2D eigenvalue weighted by Gasteiger charge is -2.19. The molecule has 0 bridgehead atoms. The summed E-state index contributed by atoms with van der Waals surface area (Å²) in [5.41, 5.74) is 3.78. The topological polar surface area (TPSA) is 65.5 Å². The van der Waals surface area contributed by atoms with Gasteiger partial charge in [-0.15, -0.1) is 11.3 Å². The first-order valence-corrected chi connectivity index (χ1v) is 12.0. The Bertz CT molecular complexity index is 1380. The lowest BCUT2D eigenvalue weighted by atomic mass is 9.94. The van der Waals surface area contributed by atoms with Gasteiger partial charge in [-0.25, -0.2) is 4.39 Å². The van der Waals surface area contributed by atoms with Crippen molar-refractivity contribution in [3.8, 4) is 11.1 Å². The van der Waals surface area contributed by atoms with Crippen LogP contribution in [0.15, 0.2) is 52.3 Å². The molecule has 34 heavy (non-hydrogen) atoms. The van der Waals surface area contributed by atoms with E-state index in [4.69, 9.17) is 0 Å². The van der Waals surface area contributed by atoms with Gasteiger partial charge in [0.25, 0.3) is 5.91 Å². The molecule has 7 heteroatoms. The molecule has 3 aromatic rings. The molecule has 5 nitrogen and oxygen atoms in total. The van der Waals surface area contributed by atoms with Crippen molar-refractivity contribution in [2.45, 2.75) is 46.2 Å². The number of nitrogens with one attached hydrogen (secondary N) is 1. The number of hydrogen-bond donors (Lipinski definition) is 1. The van der Waals surface area contributed by atoms with E-state index < -0.39 is 5.82 Å². The van der Waals surface area contributed by atoms with Gasteiger partial charge < -0.3 is 9.88 Å². The Labute approximate surface area is 202 Å². The molecule has 0 radical (unpaired) electrons. The van der Waals surface area contributed by atoms with Crippen LogP contribution in [0.25, 0.3) is 16.7 Å². The van der Waals surface area contributed by atoms with E-state index >= 15 is 4.39 Å². The highest BCUT2D eigenvalue weighted by atomic mass is 32.1. The fraction of sp³-hybridized carbons (Fsp3) is 0.296. The van der Waals surface area contributed by atoms with Crippen LogP contribution < -0.4 is 5.56 Å². The molecule has 1 amide bonds. The number of hydrogen-bond acceptors (Lipinski definition) is 4. The summed E-state index contributed by atoms with van der Waals surface area (Å²) in [5, 5.41) is 0. The Balaban J connectivity index is 1.57. The van der Waals surface area contributed by atoms with E-state index in [0.29, 0.717) is 28.9 Å². The molecule has 0 spiro atoms. The second-order valence-electron chi connectivity index (χ2n) is 9.46. The smallest absolute Gasteiger partial charge is 0.264 e. The number of thiophene rings is 1. The van der Waals surface area contributed by atoms with Gasteiger partial charge in [-0.05, 0) is 47.2 Å². The number of rotatable bonds is 5. The van der Waals surface area contributed by atoms with E-state index in [1.165, 1.54) is 28.3 Å². The van der Waals surface area contributed by atoms with E-state index in [1.807, 2.05) is 19.1 Å². The molecule has 1 aliphatic rings. The van der Waals surface area contributed by atoms with Crippen LogP contribution in [0.1, 0.15) is 59.1 Å². The molecular formula is C27H28FN3O2S. The first-order valence-electron chi connectivity index (χ1n) is 11.1. The predicted molar refractivity (Wildman–Crippen MR) is 137 cm³/mol. The highest BCUT2D eigenvalue weighted by Gasteiger charge is 2.32.